The summed E-state index contributed by atoms with van der Waals surface area (Å²) in [5.41, 5.74) is -0.290. The molecule has 0 fully saturated rings. The Labute approximate surface area is 74.6 Å². The SMILES string of the molecule is CCCc1cnccc1C(F)(F)F. The van der Waals surface area contributed by atoms with E-state index in [1.165, 1.54) is 12.4 Å². The minimum Gasteiger partial charge on any atom is -0.264 e. The number of aromatic nitrogens is 1. The van der Waals surface area contributed by atoms with Crippen LogP contribution in [-0.2, 0) is 12.6 Å². The molecule has 0 radical (unpaired) electrons. The van der Waals surface area contributed by atoms with Gasteiger partial charge in [0.15, 0.2) is 0 Å². The van der Waals surface area contributed by atoms with Crippen LogP contribution in [0.25, 0.3) is 0 Å². The summed E-state index contributed by atoms with van der Waals surface area (Å²) >= 11 is 0. The molecule has 0 unspecified atom stereocenters. The van der Waals surface area contributed by atoms with E-state index in [0.717, 1.165) is 6.07 Å². The van der Waals surface area contributed by atoms with Crippen molar-refractivity contribution in [3.8, 4) is 0 Å². The molecule has 1 aromatic rings. The summed E-state index contributed by atoms with van der Waals surface area (Å²) in [6, 6.07) is 1.02. The molecule has 4 heteroatoms. The Morgan fingerprint density at radius 1 is 1.38 bits per heavy atom. The van der Waals surface area contributed by atoms with Crippen molar-refractivity contribution in [2.45, 2.75) is 25.9 Å². The lowest BCUT2D eigenvalue weighted by Gasteiger charge is -2.10. The topological polar surface area (TPSA) is 12.9 Å². The summed E-state index contributed by atoms with van der Waals surface area (Å²) in [6.45, 7) is 1.84. The van der Waals surface area contributed by atoms with Gasteiger partial charge >= 0.3 is 6.18 Å². The smallest absolute Gasteiger partial charge is 0.264 e. The lowest BCUT2D eigenvalue weighted by Crippen LogP contribution is -2.09. The standard InChI is InChI=1S/C9H10F3N/c1-2-3-7-6-13-5-4-8(7)9(10,11)12/h4-6H,2-3H2,1H3. The lowest BCUT2D eigenvalue weighted by molar-refractivity contribution is -0.138. The van der Waals surface area contributed by atoms with E-state index >= 15 is 0 Å². The summed E-state index contributed by atoms with van der Waals surface area (Å²) in [7, 11) is 0. The molecule has 72 valence electrons. The molecule has 0 aliphatic carbocycles. The van der Waals surface area contributed by atoms with Crippen molar-refractivity contribution in [1.29, 1.82) is 0 Å². The van der Waals surface area contributed by atoms with E-state index in [0.29, 0.717) is 12.8 Å². The predicted octanol–water partition coefficient (Wildman–Crippen LogP) is 3.05. The minimum absolute atomic E-state index is 0.275. The molecular formula is C9H10F3N. The fourth-order valence-corrected chi connectivity index (χ4v) is 1.17. The highest BCUT2D eigenvalue weighted by molar-refractivity contribution is 5.26. The van der Waals surface area contributed by atoms with Gasteiger partial charge < -0.3 is 0 Å². The van der Waals surface area contributed by atoms with Gasteiger partial charge in [0.2, 0.25) is 0 Å². The Balaban J connectivity index is 3.05. The first-order chi connectivity index (χ1) is 6.05. The van der Waals surface area contributed by atoms with Gasteiger partial charge in [-0.2, -0.15) is 13.2 Å². The molecule has 0 spiro atoms. The zero-order chi connectivity index (χ0) is 9.90. The number of hydrogen-bond donors (Lipinski definition) is 0. The molecule has 0 aliphatic rings. The van der Waals surface area contributed by atoms with Gasteiger partial charge in [0.1, 0.15) is 0 Å². The Kier molecular flexibility index (Phi) is 2.90. The second kappa shape index (κ2) is 3.77. The van der Waals surface area contributed by atoms with Crippen molar-refractivity contribution in [1.82, 2.24) is 4.98 Å². The molecule has 0 N–H and O–H groups in total. The second-order valence-electron chi connectivity index (χ2n) is 2.78. The maximum Gasteiger partial charge on any atom is 0.416 e. The van der Waals surface area contributed by atoms with Crippen molar-refractivity contribution in [3.05, 3.63) is 29.6 Å². The molecule has 1 nitrogen and oxygen atoms in total. The van der Waals surface area contributed by atoms with E-state index in [1.807, 2.05) is 6.92 Å². The molecule has 0 amide bonds. The zero-order valence-electron chi connectivity index (χ0n) is 7.23. The normalized spacial score (nSPS) is 11.7. The van der Waals surface area contributed by atoms with Crippen molar-refractivity contribution in [3.63, 3.8) is 0 Å². The fraction of sp³-hybridized carbons (Fsp3) is 0.444. The van der Waals surface area contributed by atoms with Gasteiger partial charge in [-0.05, 0) is 18.1 Å². The number of pyridine rings is 1. The van der Waals surface area contributed by atoms with Crippen LogP contribution in [0.3, 0.4) is 0 Å². The summed E-state index contributed by atoms with van der Waals surface area (Å²) in [6.07, 6.45) is -0.695. The second-order valence-corrected chi connectivity index (χ2v) is 2.78. The molecule has 0 bridgehead atoms. The molecule has 13 heavy (non-hydrogen) atoms. The van der Waals surface area contributed by atoms with Gasteiger partial charge in [-0.25, -0.2) is 0 Å². The number of alkyl halides is 3. The van der Waals surface area contributed by atoms with Crippen LogP contribution in [0, 0.1) is 0 Å². The third kappa shape index (κ3) is 2.44. The molecule has 1 rings (SSSR count). The summed E-state index contributed by atoms with van der Waals surface area (Å²) in [4.78, 5) is 3.68. The van der Waals surface area contributed by atoms with Gasteiger partial charge in [0, 0.05) is 12.4 Å². The van der Waals surface area contributed by atoms with Gasteiger partial charge in [0.25, 0.3) is 0 Å². The molecular weight excluding hydrogens is 179 g/mol. The maximum absolute atomic E-state index is 12.3. The molecule has 0 aromatic carbocycles. The van der Waals surface area contributed by atoms with Crippen LogP contribution in [-0.4, -0.2) is 4.98 Å². The van der Waals surface area contributed by atoms with Gasteiger partial charge in [-0.15, -0.1) is 0 Å². The molecule has 0 atom stereocenters. The van der Waals surface area contributed by atoms with Crippen LogP contribution >= 0.6 is 0 Å². The van der Waals surface area contributed by atoms with Crippen molar-refractivity contribution < 1.29 is 13.2 Å². The van der Waals surface area contributed by atoms with Gasteiger partial charge in [-0.1, -0.05) is 13.3 Å². The molecule has 0 saturated heterocycles. The van der Waals surface area contributed by atoms with Crippen LogP contribution in [0.4, 0.5) is 13.2 Å². The van der Waals surface area contributed by atoms with Gasteiger partial charge in [-0.3, -0.25) is 4.98 Å². The molecule has 0 aliphatic heterocycles. The maximum atomic E-state index is 12.3. The quantitative estimate of drug-likeness (QED) is 0.696. The highest BCUT2D eigenvalue weighted by Crippen LogP contribution is 2.31. The Morgan fingerprint density at radius 3 is 2.62 bits per heavy atom. The fourth-order valence-electron chi connectivity index (χ4n) is 1.17. The zero-order valence-corrected chi connectivity index (χ0v) is 7.23. The minimum atomic E-state index is -4.26. The first-order valence-corrected chi connectivity index (χ1v) is 4.05. The van der Waals surface area contributed by atoms with E-state index in [4.69, 9.17) is 0 Å². The number of rotatable bonds is 2. The number of hydrogen-bond acceptors (Lipinski definition) is 1. The van der Waals surface area contributed by atoms with E-state index < -0.39 is 11.7 Å². The molecule has 0 saturated carbocycles. The van der Waals surface area contributed by atoms with Gasteiger partial charge in [0.05, 0.1) is 5.56 Å². The monoisotopic (exact) mass is 189 g/mol. The Bertz CT molecular complexity index is 280. The van der Waals surface area contributed by atoms with Crippen molar-refractivity contribution in [2.24, 2.45) is 0 Å². The average Bonchev–Trinajstić information content (AvgIpc) is 2.04. The third-order valence-electron chi connectivity index (χ3n) is 1.73. The van der Waals surface area contributed by atoms with E-state index in [1.54, 1.807) is 0 Å². The van der Waals surface area contributed by atoms with Crippen LogP contribution in [0.5, 0.6) is 0 Å². The van der Waals surface area contributed by atoms with Crippen molar-refractivity contribution >= 4 is 0 Å². The third-order valence-corrected chi connectivity index (χ3v) is 1.73. The van der Waals surface area contributed by atoms with Crippen molar-refractivity contribution in [2.75, 3.05) is 0 Å². The lowest BCUT2D eigenvalue weighted by atomic mass is 10.1. The van der Waals surface area contributed by atoms with E-state index in [9.17, 15) is 13.2 Å². The number of nitrogens with zero attached hydrogens (tertiary/aromatic N) is 1. The van der Waals surface area contributed by atoms with Crippen LogP contribution in [0.1, 0.15) is 24.5 Å². The first-order valence-electron chi connectivity index (χ1n) is 4.05. The largest absolute Gasteiger partial charge is 0.416 e. The van der Waals surface area contributed by atoms with Crippen LogP contribution in [0.15, 0.2) is 18.5 Å². The van der Waals surface area contributed by atoms with Crippen LogP contribution < -0.4 is 0 Å². The van der Waals surface area contributed by atoms with Crippen LogP contribution in [0.2, 0.25) is 0 Å². The first kappa shape index (κ1) is 10.0. The van der Waals surface area contributed by atoms with E-state index in [2.05, 4.69) is 4.98 Å². The molecule has 1 heterocycles. The summed E-state index contributed by atoms with van der Waals surface area (Å²) < 4.78 is 37.0. The predicted molar refractivity (Wildman–Crippen MR) is 43.2 cm³/mol. The molecule has 1 aromatic heterocycles. The summed E-state index contributed by atoms with van der Waals surface area (Å²) in [5, 5.41) is 0. The summed E-state index contributed by atoms with van der Waals surface area (Å²) in [5.74, 6) is 0. The Hall–Kier alpha value is -1.06. The highest BCUT2D eigenvalue weighted by Gasteiger charge is 2.32. The Morgan fingerprint density at radius 2 is 2.08 bits per heavy atom. The number of aryl methyl sites for hydroxylation is 1. The van der Waals surface area contributed by atoms with E-state index in [-0.39, 0.29) is 5.56 Å². The average molecular weight is 189 g/mol. The number of halogens is 3. The highest BCUT2D eigenvalue weighted by atomic mass is 19.4.